The minimum absolute atomic E-state index is 0.139. The van der Waals surface area contributed by atoms with Crippen molar-refractivity contribution in [3.63, 3.8) is 0 Å². The summed E-state index contributed by atoms with van der Waals surface area (Å²) in [6, 6.07) is 2.35. The first-order chi connectivity index (χ1) is 8.90. The minimum atomic E-state index is -0.600. The van der Waals surface area contributed by atoms with Crippen LogP contribution in [0, 0.1) is 11.6 Å². The maximum absolute atomic E-state index is 14.1. The number of halogens is 2. The molecule has 2 aromatic rings. The molecule has 0 saturated carbocycles. The predicted octanol–water partition coefficient (Wildman–Crippen LogP) is 3.40. The number of hydrogen-bond donors (Lipinski definition) is 1. The first-order valence-corrected chi connectivity index (χ1v) is 6.11. The van der Waals surface area contributed by atoms with E-state index in [0.717, 1.165) is 6.07 Å². The van der Waals surface area contributed by atoms with E-state index in [1.54, 1.807) is 25.2 Å². The van der Waals surface area contributed by atoms with E-state index in [4.69, 9.17) is 0 Å². The van der Waals surface area contributed by atoms with Crippen molar-refractivity contribution in [2.45, 2.75) is 19.9 Å². The molecule has 3 nitrogen and oxygen atoms in total. The lowest BCUT2D eigenvalue weighted by molar-refractivity contribution is 0.592. The van der Waals surface area contributed by atoms with Gasteiger partial charge in [0.1, 0.15) is 17.5 Å². The van der Waals surface area contributed by atoms with Gasteiger partial charge in [-0.05, 0) is 19.9 Å². The van der Waals surface area contributed by atoms with Crippen molar-refractivity contribution in [2.75, 3.05) is 24.3 Å². The molecule has 0 aliphatic carbocycles. The summed E-state index contributed by atoms with van der Waals surface area (Å²) in [7, 11) is 3.58. The van der Waals surface area contributed by atoms with E-state index in [1.165, 1.54) is 6.07 Å². The molecule has 1 heterocycles. The summed E-state index contributed by atoms with van der Waals surface area (Å²) in [6.45, 7) is 3.90. The molecule has 1 aromatic heterocycles. The Morgan fingerprint density at radius 1 is 1.21 bits per heavy atom. The SMILES string of the molecule is CC(C)Nc1cnc(N(C)C)c2cc(F)cc(F)c12. The van der Waals surface area contributed by atoms with Crippen LogP contribution in [0.25, 0.3) is 10.8 Å². The molecule has 102 valence electrons. The van der Waals surface area contributed by atoms with Gasteiger partial charge in [0.25, 0.3) is 0 Å². The van der Waals surface area contributed by atoms with Gasteiger partial charge < -0.3 is 10.2 Å². The Morgan fingerprint density at radius 3 is 2.47 bits per heavy atom. The van der Waals surface area contributed by atoms with E-state index >= 15 is 0 Å². The summed E-state index contributed by atoms with van der Waals surface area (Å²) in [5, 5.41) is 3.97. The Morgan fingerprint density at radius 2 is 1.89 bits per heavy atom. The van der Waals surface area contributed by atoms with Crippen molar-refractivity contribution in [1.29, 1.82) is 0 Å². The predicted molar refractivity (Wildman–Crippen MR) is 74.7 cm³/mol. The number of aromatic nitrogens is 1. The molecule has 0 amide bonds. The molecular weight excluding hydrogens is 248 g/mol. The second-order valence-corrected chi connectivity index (χ2v) is 5.00. The average Bonchev–Trinajstić information content (AvgIpc) is 2.26. The molecule has 1 aromatic carbocycles. The highest BCUT2D eigenvalue weighted by Crippen LogP contribution is 2.32. The summed E-state index contributed by atoms with van der Waals surface area (Å²) in [4.78, 5) is 6.01. The smallest absolute Gasteiger partial charge is 0.136 e. The Labute approximate surface area is 111 Å². The highest BCUT2D eigenvalue weighted by Gasteiger charge is 2.15. The van der Waals surface area contributed by atoms with Crippen molar-refractivity contribution in [1.82, 2.24) is 4.98 Å². The van der Waals surface area contributed by atoms with Gasteiger partial charge in [-0.1, -0.05) is 0 Å². The normalized spacial score (nSPS) is 11.1. The molecule has 1 N–H and O–H groups in total. The van der Waals surface area contributed by atoms with E-state index < -0.39 is 11.6 Å². The minimum Gasteiger partial charge on any atom is -0.381 e. The average molecular weight is 265 g/mol. The van der Waals surface area contributed by atoms with Crippen LogP contribution < -0.4 is 10.2 Å². The summed E-state index contributed by atoms with van der Waals surface area (Å²) in [5.74, 6) is -0.636. The lowest BCUT2D eigenvalue weighted by Gasteiger charge is -2.18. The number of nitrogens with one attached hydrogen (secondary N) is 1. The van der Waals surface area contributed by atoms with E-state index in [2.05, 4.69) is 10.3 Å². The van der Waals surface area contributed by atoms with E-state index in [9.17, 15) is 8.78 Å². The number of rotatable bonds is 3. The second kappa shape index (κ2) is 4.99. The molecule has 0 radical (unpaired) electrons. The molecule has 0 spiro atoms. The second-order valence-electron chi connectivity index (χ2n) is 5.00. The first kappa shape index (κ1) is 13.5. The van der Waals surface area contributed by atoms with Crippen molar-refractivity contribution >= 4 is 22.3 Å². The van der Waals surface area contributed by atoms with E-state index in [-0.39, 0.29) is 6.04 Å². The van der Waals surface area contributed by atoms with Crippen molar-refractivity contribution in [2.24, 2.45) is 0 Å². The number of benzene rings is 1. The fourth-order valence-corrected chi connectivity index (χ4v) is 2.06. The Kier molecular flexibility index (Phi) is 3.55. The highest BCUT2D eigenvalue weighted by molar-refractivity contribution is 6.00. The zero-order valence-corrected chi connectivity index (χ0v) is 11.5. The molecule has 0 fully saturated rings. The van der Waals surface area contributed by atoms with E-state index in [0.29, 0.717) is 22.3 Å². The van der Waals surface area contributed by atoms with Gasteiger partial charge in [-0.2, -0.15) is 0 Å². The Hall–Kier alpha value is -1.91. The number of anilines is 2. The van der Waals surface area contributed by atoms with Gasteiger partial charge in [0, 0.05) is 37.0 Å². The number of pyridine rings is 1. The molecule has 0 aliphatic heterocycles. The lowest BCUT2D eigenvalue weighted by Crippen LogP contribution is -2.14. The van der Waals surface area contributed by atoms with Crippen LogP contribution in [0.4, 0.5) is 20.3 Å². The zero-order valence-electron chi connectivity index (χ0n) is 11.5. The highest BCUT2D eigenvalue weighted by atomic mass is 19.1. The van der Waals surface area contributed by atoms with Crippen molar-refractivity contribution < 1.29 is 8.78 Å². The van der Waals surface area contributed by atoms with E-state index in [1.807, 2.05) is 13.8 Å². The Bertz CT molecular complexity index is 609. The topological polar surface area (TPSA) is 28.2 Å². The van der Waals surface area contributed by atoms with Crippen LogP contribution in [0.1, 0.15) is 13.8 Å². The molecule has 0 atom stereocenters. The van der Waals surface area contributed by atoms with Crippen LogP contribution in [-0.2, 0) is 0 Å². The van der Waals surface area contributed by atoms with Crippen LogP contribution in [0.5, 0.6) is 0 Å². The molecule has 19 heavy (non-hydrogen) atoms. The van der Waals surface area contributed by atoms with Gasteiger partial charge in [-0.15, -0.1) is 0 Å². The molecule has 2 rings (SSSR count). The third-order valence-electron chi connectivity index (χ3n) is 2.75. The molecule has 5 heteroatoms. The summed E-state index contributed by atoms with van der Waals surface area (Å²) >= 11 is 0. The van der Waals surface area contributed by atoms with Gasteiger partial charge in [0.15, 0.2) is 0 Å². The maximum Gasteiger partial charge on any atom is 0.136 e. The monoisotopic (exact) mass is 265 g/mol. The first-order valence-electron chi connectivity index (χ1n) is 6.11. The summed E-state index contributed by atoms with van der Waals surface area (Å²) < 4.78 is 27.5. The van der Waals surface area contributed by atoms with Gasteiger partial charge in [-0.3, -0.25) is 0 Å². The van der Waals surface area contributed by atoms with Crippen LogP contribution in [0.2, 0.25) is 0 Å². The number of hydrogen-bond acceptors (Lipinski definition) is 3. The van der Waals surface area contributed by atoms with Gasteiger partial charge >= 0.3 is 0 Å². The zero-order chi connectivity index (χ0) is 14.2. The maximum atomic E-state index is 14.1. The standard InChI is InChI=1S/C14H17F2N3/c1-8(2)18-12-7-17-14(19(3)4)10-5-9(15)6-11(16)13(10)12/h5-8,18H,1-4H3. The van der Waals surface area contributed by atoms with Gasteiger partial charge in [-0.25, -0.2) is 13.8 Å². The molecule has 0 saturated heterocycles. The molecule has 0 bridgehead atoms. The fourth-order valence-electron chi connectivity index (χ4n) is 2.06. The number of fused-ring (bicyclic) bond motifs is 1. The molecular formula is C14H17F2N3. The van der Waals surface area contributed by atoms with Crippen molar-refractivity contribution in [3.8, 4) is 0 Å². The third kappa shape index (κ3) is 2.59. The number of nitrogens with zero attached hydrogens (tertiary/aromatic N) is 2. The summed E-state index contributed by atoms with van der Waals surface area (Å²) in [5.41, 5.74) is 0.577. The fraction of sp³-hybridized carbons (Fsp3) is 0.357. The molecule has 0 unspecified atom stereocenters. The quantitative estimate of drug-likeness (QED) is 0.922. The van der Waals surface area contributed by atoms with Crippen LogP contribution in [0.3, 0.4) is 0 Å². The van der Waals surface area contributed by atoms with Crippen molar-refractivity contribution in [3.05, 3.63) is 30.0 Å². The van der Waals surface area contributed by atoms with Crippen LogP contribution in [-0.4, -0.2) is 25.1 Å². The Balaban J connectivity index is 2.78. The summed E-state index contributed by atoms with van der Waals surface area (Å²) in [6.07, 6.45) is 1.58. The van der Waals surface area contributed by atoms with Gasteiger partial charge in [0.2, 0.25) is 0 Å². The lowest BCUT2D eigenvalue weighted by atomic mass is 10.1. The van der Waals surface area contributed by atoms with Crippen LogP contribution >= 0.6 is 0 Å². The third-order valence-corrected chi connectivity index (χ3v) is 2.75. The van der Waals surface area contributed by atoms with Gasteiger partial charge in [0.05, 0.1) is 11.9 Å². The largest absolute Gasteiger partial charge is 0.381 e. The molecule has 0 aliphatic rings. The van der Waals surface area contributed by atoms with Crippen LogP contribution in [0.15, 0.2) is 18.3 Å².